The molecular formula is C19H21NO3S. The topological polar surface area (TPSA) is 54.5 Å². The molecule has 24 heavy (non-hydrogen) atoms. The van der Waals surface area contributed by atoms with Crippen LogP contribution in [0.2, 0.25) is 0 Å². The van der Waals surface area contributed by atoms with E-state index >= 15 is 0 Å². The molecular weight excluding hydrogens is 322 g/mol. The van der Waals surface area contributed by atoms with Crippen molar-refractivity contribution < 1.29 is 13.2 Å². The quantitative estimate of drug-likeness (QED) is 0.795. The van der Waals surface area contributed by atoms with Crippen LogP contribution >= 0.6 is 0 Å². The number of carbonyl (C=O) groups excluding carboxylic acids is 1. The predicted octanol–water partition coefficient (Wildman–Crippen LogP) is 3.72. The predicted molar refractivity (Wildman–Crippen MR) is 93.5 cm³/mol. The molecule has 0 N–H and O–H groups in total. The van der Waals surface area contributed by atoms with Crippen LogP contribution in [-0.2, 0) is 10.0 Å². The number of Topliss-reactive ketones (excluding diaryl/α,β-unsaturated/α-hetero) is 1. The number of hydrogen-bond donors (Lipinski definition) is 0. The van der Waals surface area contributed by atoms with Crippen LogP contribution in [0.3, 0.4) is 0 Å². The van der Waals surface area contributed by atoms with Gasteiger partial charge in [-0.15, -0.1) is 0 Å². The second kappa shape index (κ2) is 6.49. The number of aryl methyl sites for hydroxylation is 1. The number of rotatable bonds is 4. The summed E-state index contributed by atoms with van der Waals surface area (Å²) in [6.07, 6.45) is 1.65. The van der Waals surface area contributed by atoms with Crippen molar-refractivity contribution in [1.29, 1.82) is 0 Å². The number of carbonyl (C=O) groups is 1. The molecule has 1 saturated heterocycles. The molecule has 126 valence electrons. The third-order valence-corrected chi connectivity index (χ3v) is 6.42. The monoisotopic (exact) mass is 343 g/mol. The van der Waals surface area contributed by atoms with Crippen molar-refractivity contribution in [2.45, 2.75) is 37.6 Å². The molecule has 1 heterocycles. The molecule has 1 fully saturated rings. The normalized spacial score (nSPS) is 18.7. The van der Waals surface area contributed by atoms with Gasteiger partial charge in [-0.25, -0.2) is 8.42 Å². The van der Waals surface area contributed by atoms with E-state index in [1.165, 1.54) is 13.0 Å². The van der Waals surface area contributed by atoms with Gasteiger partial charge in [0, 0.05) is 12.1 Å². The van der Waals surface area contributed by atoms with E-state index in [-0.39, 0.29) is 16.7 Å². The molecule has 0 radical (unpaired) electrons. The van der Waals surface area contributed by atoms with E-state index < -0.39 is 10.0 Å². The lowest BCUT2D eigenvalue weighted by atomic mass is 10.0. The maximum Gasteiger partial charge on any atom is 0.243 e. The smallest absolute Gasteiger partial charge is 0.243 e. The maximum atomic E-state index is 13.1. The van der Waals surface area contributed by atoms with Gasteiger partial charge in [-0.05, 0) is 44.4 Å². The van der Waals surface area contributed by atoms with E-state index in [2.05, 4.69) is 0 Å². The molecule has 1 aliphatic rings. The van der Waals surface area contributed by atoms with Gasteiger partial charge >= 0.3 is 0 Å². The minimum Gasteiger partial charge on any atom is -0.295 e. The Labute approximate surface area is 143 Å². The fourth-order valence-corrected chi connectivity index (χ4v) is 4.89. The minimum absolute atomic E-state index is 0.136. The molecule has 0 spiro atoms. The van der Waals surface area contributed by atoms with Crippen LogP contribution < -0.4 is 0 Å². The van der Waals surface area contributed by atoms with E-state index in [0.717, 1.165) is 24.0 Å². The summed E-state index contributed by atoms with van der Waals surface area (Å²) in [6, 6.07) is 14.2. The molecule has 3 rings (SSSR count). The van der Waals surface area contributed by atoms with E-state index in [0.29, 0.717) is 12.1 Å². The number of sulfonamides is 1. The van der Waals surface area contributed by atoms with Crippen molar-refractivity contribution in [2.24, 2.45) is 0 Å². The number of nitrogens with zero attached hydrogens (tertiary/aromatic N) is 1. The zero-order chi connectivity index (χ0) is 17.3. The van der Waals surface area contributed by atoms with Gasteiger partial charge in [-0.3, -0.25) is 4.79 Å². The Hall–Kier alpha value is -1.98. The summed E-state index contributed by atoms with van der Waals surface area (Å²) in [5, 5.41) is 0. The molecule has 0 aromatic heterocycles. The van der Waals surface area contributed by atoms with Crippen LogP contribution in [0.15, 0.2) is 53.4 Å². The van der Waals surface area contributed by atoms with Gasteiger partial charge in [0.2, 0.25) is 10.0 Å². The summed E-state index contributed by atoms with van der Waals surface area (Å²) < 4.78 is 27.7. The summed E-state index contributed by atoms with van der Waals surface area (Å²) >= 11 is 0. The summed E-state index contributed by atoms with van der Waals surface area (Å²) in [5.74, 6) is -0.136. The number of hydrogen-bond acceptors (Lipinski definition) is 3. The van der Waals surface area contributed by atoms with E-state index in [9.17, 15) is 13.2 Å². The first-order valence-corrected chi connectivity index (χ1v) is 9.53. The summed E-state index contributed by atoms with van der Waals surface area (Å²) in [5.41, 5.74) is 2.59. The van der Waals surface area contributed by atoms with Gasteiger partial charge in [-0.1, -0.05) is 42.0 Å². The molecule has 4 nitrogen and oxygen atoms in total. The van der Waals surface area contributed by atoms with E-state index in [4.69, 9.17) is 0 Å². The zero-order valence-corrected chi connectivity index (χ0v) is 14.7. The van der Waals surface area contributed by atoms with Gasteiger partial charge < -0.3 is 0 Å². The Kier molecular flexibility index (Phi) is 4.56. The van der Waals surface area contributed by atoms with Crippen molar-refractivity contribution in [3.63, 3.8) is 0 Å². The molecule has 1 atom stereocenters. The first-order valence-electron chi connectivity index (χ1n) is 8.09. The van der Waals surface area contributed by atoms with E-state index in [1.807, 2.05) is 31.2 Å². The van der Waals surface area contributed by atoms with Crippen molar-refractivity contribution >= 4 is 15.8 Å². The SMILES string of the molecule is CC(=O)c1cccc(S(=O)(=O)N2CCCC2c2ccc(C)cc2)c1. The summed E-state index contributed by atoms with van der Waals surface area (Å²) in [4.78, 5) is 11.7. The molecule has 5 heteroatoms. The Bertz CT molecular complexity index is 856. The molecule has 2 aromatic carbocycles. The van der Waals surface area contributed by atoms with E-state index in [1.54, 1.807) is 22.5 Å². The Morgan fingerprint density at radius 3 is 2.50 bits per heavy atom. The third kappa shape index (κ3) is 3.14. The van der Waals surface area contributed by atoms with Gasteiger partial charge in [0.05, 0.1) is 10.9 Å². The highest BCUT2D eigenvalue weighted by Gasteiger charge is 2.36. The number of ketones is 1. The lowest BCUT2D eigenvalue weighted by molar-refractivity contribution is 0.101. The highest BCUT2D eigenvalue weighted by molar-refractivity contribution is 7.89. The fourth-order valence-electron chi connectivity index (χ4n) is 3.16. The first kappa shape index (κ1) is 16.9. The second-order valence-electron chi connectivity index (χ2n) is 6.27. The maximum absolute atomic E-state index is 13.1. The van der Waals surface area contributed by atoms with Crippen LogP contribution in [0.4, 0.5) is 0 Å². The zero-order valence-electron chi connectivity index (χ0n) is 13.9. The summed E-state index contributed by atoms with van der Waals surface area (Å²) in [6.45, 7) is 3.96. The molecule has 0 amide bonds. The Morgan fingerprint density at radius 2 is 1.83 bits per heavy atom. The number of benzene rings is 2. The van der Waals surface area contributed by atoms with Gasteiger partial charge in [0.15, 0.2) is 5.78 Å². The van der Waals surface area contributed by atoms with Gasteiger partial charge in [0.25, 0.3) is 0 Å². The average Bonchev–Trinajstić information content (AvgIpc) is 3.06. The first-order chi connectivity index (χ1) is 11.4. The largest absolute Gasteiger partial charge is 0.295 e. The molecule has 0 saturated carbocycles. The minimum atomic E-state index is -3.62. The fraction of sp³-hybridized carbons (Fsp3) is 0.316. The van der Waals surface area contributed by atoms with Gasteiger partial charge in [0.1, 0.15) is 0 Å². The average molecular weight is 343 g/mol. The lowest BCUT2D eigenvalue weighted by Crippen LogP contribution is -2.30. The second-order valence-corrected chi connectivity index (χ2v) is 8.16. The molecule has 0 aliphatic carbocycles. The third-order valence-electron chi connectivity index (χ3n) is 4.51. The van der Waals surface area contributed by atoms with Crippen LogP contribution in [0.5, 0.6) is 0 Å². The molecule has 0 bridgehead atoms. The molecule has 1 aliphatic heterocycles. The molecule has 1 unspecified atom stereocenters. The van der Waals surface area contributed by atoms with Crippen molar-refractivity contribution in [3.05, 3.63) is 65.2 Å². The van der Waals surface area contributed by atoms with Crippen LogP contribution in [0, 0.1) is 6.92 Å². The van der Waals surface area contributed by atoms with Crippen LogP contribution in [-0.4, -0.2) is 25.1 Å². The Morgan fingerprint density at radius 1 is 1.12 bits per heavy atom. The van der Waals surface area contributed by atoms with Crippen molar-refractivity contribution in [1.82, 2.24) is 4.31 Å². The standard InChI is InChI=1S/C19H21NO3S/c1-14-8-10-16(11-9-14)19-7-4-12-20(19)24(22,23)18-6-3-5-17(13-18)15(2)21/h3,5-6,8-11,13,19H,4,7,12H2,1-2H3. The van der Waals surface area contributed by atoms with Crippen molar-refractivity contribution in [3.8, 4) is 0 Å². The van der Waals surface area contributed by atoms with Crippen LogP contribution in [0.1, 0.15) is 47.3 Å². The Balaban J connectivity index is 1.97. The highest BCUT2D eigenvalue weighted by Crippen LogP contribution is 2.36. The van der Waals surface area contributed by atoms with Gasteiger partial charge in [-0.2, -0.15) is 4.31 Å². The molecule has 2 aromatic rings. The highest BCUT2D eigenvalue weighted by atomic mass is 32.2. The van der Waals surface area contributed by atoms with Crippen LogP contribution in [0.25, 0.3) is 0 Å². The lowest BCUT2D eigenvalue weighted by Gasteiger charge is -2.24. The van der Waals surface area contributed by atoms with Crippen molar-refractivity contribution in [2.75, 3.05) is 6.54 Å². The summed E-state index contributed by atoms with van der Waals surface area (Å²) in [7, 11) is -3.62.